The Morgan fingerprint density at radius 2 is 1.28 bits per heavy atom. The van der Waals surface area contributed by atoms with Gasteiger partial charge in [-0.2, -0.15) is 0 Å². The summed E-state index contributed by atoms with van der Waals surface area (Å²) in [6, 6.07) is 0. The van der Waals surface area contributed by atoms with Crippen molar-refractivity contribution in [2.75, 3.05) is 19.8 Å². The summed E-state index contributed by atoms with van der Waals surface area (Å²) in [6.07, 6.45) is 16.6. The topological polar surface area (TPSA) is 87.0 Å². The molecule has 174 valence electrons. The smallest absolute Gasteiger partial charge is 0.305 e. The summed E-state index contributed by atoms with van der Waals surface area (Å²) in [7, 11) is 0. The fourth-order valence-electron chi connectivity index (χ4n) is 3.43. The first-order valence-corrected chi connectivity index (χ1v) is 12.1. The summed E-state index contributed by atoms with van der Waals surface area (Å²) in [6.45, 7) is 3.82. The maximum absolute atomic E-state index is 11.8. The third-order valence-electron chi connectivity index (χ3n) is 6.02. The van der Waals surface area contributed by atoms with Crippen molar-refractivity contribution in [3.63, 3.8) is 0 Å². The van der Waals surface area contributed by atoms with Crippen molar-refractivity contribution in [3.8, 4) is 0 Å². The highest BCUT2D eigenvalue weighted by Crippen LogP contribution is 2.21. The number of aliphatic hydroxyl groups is 3. The number of carbonyl (C=O) groups is 1. The quantitative estimate of drug-likeness (QED) is 0.178. The molecule has 0 aromatic rings. The number of esters is 1. The molecule has 0 aliphatic rings. The Hall–Kier alpha value is -0.650. The Morgan fingerprint density at radius 1 is 0.793 bits per heavy atom. The first-order valence-electron chi connectivity index (χ1n) is 12.1. The zero-order valence-corrected chi connectivity index (χ0v) is 19.2. The molecule has 0 aliphatic heterocycles. The van der Waals surface area contributed by atoms with Crippen molar-refractivity contribution in [1.29, 1.82) is 0 Å². The summed E-state index contributed by atoms with van der Waals surface area (Å²) in [4.78, 5) is 11.8. The number of hydrogen-bond acceptors (Lipinski definition) is 5. The van der Waals surface area contributed by atoms with Crippen LogP contribution in [0.3, 0.4) is 0 Å². The minimum absolute atomic E-state index is 0.0798. The van der Waals surface area contributed by atoms with Gasteiger partial charge in [0.15, 0.2) is 0 Å². The largest absolute Gasteiger partial charge is 0.465 e. The van der Waals surface area contributed by atoms with Crippen LogP contribution in [0, 0.1) is 5.41 Å². The molecule has 29 heavy (non-hydrogen) atoms. The van der Waals surface area contributed by atoms with Crippen LogP contribution >= 0.6 is 0 Å². The van der Waals surface area contributed by atoms with E-state index < -0.39 is 5.41 Å². The predicted molar refractivity (Wildman–Crippen MR) is 119 cm³/mol. The van der Waals surface area contributed by atoms with Crippen LogP contribution in [-0.2, 0) is 9.53 Å². The molecule has 0 spiro atoms. The highest BCUT2D eigenvalue weighted by molar-refractivity contribution is 5.69. The van der Waals surface area contributed by atoms with Crippen molar-refractivity contribution in [1.82, 2.24) is 0 Å². The van der Waals surface area contributed by atoms with Crippen LogP contribution in [0.5, 0.6) is 0 Å². The van der Waals surface area contributed by atoms with Crippen LogP contribution in [0.2, 0.25) is 0 Å². The van der Waals surface area contributed by atoms with Gasteiger partial charge in [-0.3, -0.25) is 4.79 Å². The van der Waals surface area contributed by atoms with Crippen molar-refractivity contribution < 1.29 is 24.9 Å². The van der Waals surface area contributed by atoms with Gasteiger partial charge < -0.3 is 20.1 Å². The Morgan fingerprint density at radius 3 is 1.76 bits per heavy atom. The molecule has 3 N–H and O–H groups in total. The van der Waals surface area contributed by atoms with Gasteiger partial charge in [-0.25, -0.2) is 0 Å². The minimum Gasteiger partial charge on any atom is -0.465 e. The fraction of sp³-hybridized carbons (Fsp3) is 0.958. The Kier molecular flexibility index (Phi) is 18.9. The van der Waals surface area contributed by atoms with E-state index in [1.807, 2.05) is 6.92 Å². The second kappa shape index (κ2) is 19.3. The molecule has 0 aromatic heterocycles. The van der Waals surface area contributed by atoms with Gasteiger partial charge in [-0.05, 0) is 25.7 Å². The van der Waals surface area contributed by atoms with Gasteiger partial charge in [-0.15, -0.1) is 0 Å². The Labute approximate surface area is 179 Å². The molecule has 5 heteroatoms. The molecule has 0 aliphatic carbocycles. The van der Waals surface area contributed by atoms with E-state index in [4.69, 9.17) is 4.74 Å². The maximum Gasteiger partial charge on any atom is 0.305 e. The average molecular weight is 417 g/mol. The second-order valence-corrected chi connectivity index (χ2v) is 8.70. The van der Waals surface area contributed by atoms with Crippen LogP contribution in [0.1, 0.15) is 117 Å². The normalized spacial score (nSPS) is 12.9. The third-order valence-corrected chi connectivity index (χ3v) is 6.02. The molecule has 1 atom stereocenters. The van der Waals surface area contributed by atoms with Crippen LogP contribution in [0.4, 0.5) is 0 Å². The molecule has 0 rings (SSSR count). The van der Waals surface area contributed by atoms with Gasteiger partial charge in [0.05, 0.1) is 24.7 Å². The van der Waals surface area contributed by atoms with Crippen molar-refractivity contribution in [2.24, 2.45) is 5.41 Å². The monoisotopic (exact) mass is 416 g/mol. The van der Waals surface area contributed by atoms with Crippen molar-refractivity contribution in [3.05, 3.63) is 0 Å². The lowest BCUT2D eigenvalue weighted by Crippen LogP contribution is -2.35. The average Bonchev–Trinajstić information content (AvgIpc) is 2.74. The van der Waals surface area contributed by atoms with Gasteiger partial charge >= 0.3 is 5.97 Å². The molecule has 0 fully saturated rings. The Balaban J connectivity index is 3.49. The van der Waals surface area contributed by atoms with Gasteiger partial charge in [-0.1, -0.05) is 84.5 Å². The molecule has 0 radical (unpaired) electrons. The van der Waals surface area contributed by atoms with E-state index in [9.17, 15) is 20.1 Å². The molecule has 0 amide bonds. The number of ether oxygens (including phenoxy) is 1. The van der Waals surface area contributed by atoms with Crippen molar-refractivity contribution in [2.45, 2.75) is 123 Å². The SMILES string of the molecule is CCCCCCCCC(O)CCCCCCCCC(=O)OCC(CC)(CO)CO. The van der Waals surface area contributed by atoms with Crippen LogP contribution < -0.4 is 0 Å². The number of aliphatic hydroxyl groups excluding tert-OH is 3. The molecule has 0 saturated heterocycles. The molecule has 0 saturated carbocycles. The summed E-state index contributed by atoms with van der Waals surface area (Å²) >= 11 is 0. The maximum atomic E-state index is 11.8. The number of unbranched alkanes of at least 4 members (excludes halogenated alkanes) is 10. The number of rotatable bonds is 21. The summed E-state index contributed by atoms with van der Waals surface area (Å²) in [5.41, 5.74) is -0.713. The zero-order valence-electron chi connectivity index (χ0n) is 19.2. The molecule has 1 unspecified atom stereocenters. The molecule has 0 heterocycles. The zero-order chi connectivity index (χ0) is 21.8. The van der Waals surface area contributed by atoms with Crippen molar-refractivity contribution >= 4 is 5.97 Å². The highest BCUT2D eigenvalue weighted by Gasteiger charge is 2.28. The van der Waals surface area contributed by atoms with Gasteiger partial charge in [0.2, 0.25) is 0 Å². The second-order valence-electron chi connectivity index (χ2n) is 8.70. The minimum atomic E-state index is -0.713. The number of carbonyl (C=O) groups excluding carboxylic acids is 1. The van der Waals surface area contributed by atoms with Crippen LogP contribution in [-0.4, -0.2) is 47.2 Å². The molecular formula is C24H48O5. The molecule has 0 aromatic carbocycles. The third kappa shape index (κ3) is 15.8. The van der Waals surface area contributed by atoms with Crippen LogP contribution in [0.25, 0.3) is 0 Å². The first kappa shape index (κ1) is 28.4. The van der Waals surface area contributed by atoms with Crippen LogP contribution in [0.15, 0.2) is 0 Å². The van der Waals surface area contributed by atoms with E-state index in [1.165, 1.54) is 32.1 Å². The van der Waals surface area contributed by atoms with E-state index in [0.717, 1.165) is 57.8 Å². The fourth-order valence-corrected chi connectivity index (χ4v) is 3.43. The first-order chi connectivity index (χ1) is 14.0. The van der Waals surface area contributed by atoms with Gasteiger partial charge in [0, 0.05) is 6.42 Å². The molecular weight excluding hydrogens is 368 g/mol. The molecule has 0 bridgehead atoms. The number of hydrogen-bond donors (Lipinski definition) is 3. The highest BCUT2D eigenvalue weighted by atomic mass is 16.5. The lowest BCUT2D eigenvalue weighted by molar-refractivity contribution is -0.149. The standard InChI is InChI=1S/C24H48O5/c1-3-5-6-7-10-13-16-22(27)17-14-11-8-9-12-15-18-23(28)29-21-24(4-2,19-25)20-26/h22,25-27H,3-21H2,1-2H3. The van der Waals surface area contributed by atoms with Gasteiger partial charge in [0.1, 0.15) is 6.61 Å². The molecule has 5 nitrogen and oxygen atoms in total. The lowest BCUT2D eigenvalue weighted by Gasteiger charge is -2.27. The lowest BCUT2D eigenvalue weighted by atomic mass is 9.88. The van der Waals surface area contributed by atoms with E-state index >= 15 is 0 Å². The van der Waals surface area contributed by atoms with E-state index in [-0.39, 0.29) is 31.9 Å². The summed E-state index contributed by atoms with van der Waals surface area (Å²) in [5, 5.41) is 28.7. The summed E-state index contributed by atoms with van der Waals surface area (Å²) < 4.78 is 5.22. The van der Waals surface area contributed by atoms with E-state index in [0.29, 0.717) is 12.8 Å². The van der Waals surface area contributed by atoms with Gasteiger partial charge in [0.25, 0.3) is 0 Å². The summed E-state index contributed by atoms with van der Waals surface area (Å²) in [5.74, 6) is -0.248. The van der Waals surface area contributed by atoms with E-state index in [1.54, 1.807) is 0 Å². The Bertz CT molecular complexity index is 360. The predicted octanol–water partition coefficient (Wildman–Crippen LogP) is 5.14. The van der Waals surface area contributed by atoms with E-state index in [2.05, 4.69) is 6.92 Å².